The summed E-state index contributed by atoms with van der Waals surface area (Å²) in [6.07, 6.45) is 3.71. The zero-order valence-electron chi connectivity index (χ0n) is 20.9. The highest BCUT2D eigenvalue weighted by Crippen LogP contribution is 2.30. The van der Waals surface area contributed by atoms with E-state index in [9.17, 15) is 9.90 Å². The number of hydrogen-bond acceptors (Lipinski definition) is 5. The van der Waals surface area contributed by atoms with E-state index in [0.29, 0.717) is 43.6 Å². The van der Waals surface area contributed by atoms with Gasteiger partial charge < -0.3 is 14.7 Å². The molecule has 0 saturated carbocycles. The Morgan fingerprint density at radius 2 is 1.83 bits per heavy atom. The maximum absolute atomic E-state index is 13.3. The fraction of sp³-hybridized carbons (Fsp3) is 0.483. The number of fused-ring (bicyclic) bond motifs is 2. The second-order valence-corrected chi connectivity index (χ2v) is 10.3. The molecule has 6 nitrogen and oxygen atoms in total. The lowest BCUT2D eigenvalue weighted by atomic mass is 9.97. The molecular weight excluding hydrogens is 438 g/mol. The van der Waals surface area contributed by atoms with Crippen molar-refractivity contribution in [1.82, 2.24) is 14.7 Å². The van der Waals surface area contributed by atoms with Gasteiger partial charge in [0.15, 0.2) is 0 Å². The van der Waals surface area contributed by atoms with E-state index in [1.54, 1.807) is 4.90 Å². The average Bonchev–Trinajstić information content (AvgIpc) is 3.02. The van der Waals surface area contributed by atoms with E-state index in [2.05, 4.69) is 54.0 Å². The van der Waals surface area contributed by atoms with E-state index in [0.717, 1.165) is 44.6 Å². The third-order valence-electron chi connectivity index (χ3n) is 7.57. The van der Waals surface area contributed by atoms with E-state index in [1.165, 1.54) is 16.7 Å². The Bertz CT molecular complexity index is 1100. The van der Waals surface area contributed by atoms with Gasteiger partial charge in [-0.25, -0.2) is 0 Å². The number of ether oxygens (including phenoxy) is 1. The van der Waals surface area contributed by atoms with Gasteiger partial charge in [0.05, 0.1) is 18.2 Å². The van der Waals surface area contributed by atoms with Crippen molar-refractivity contribution in [3.63, 3.8) is 0 Å². The third kappa shape index (κ3) is 5.45. The molecule has 186 valence electrons. The van der Waals surface area contributed by atoms with Gasteiger partial charge in [0, 0.05) is 45.3 Å². The van der Waals surface area contributed by atoms with Crippen LogP contribution < -0.4 is 4.74 Å². The lowest BCUT2D eigenvalue weighted by Gasteiger charge is -2.32. The Labute approximate surface area is 208 Å². The minimum atomic E-state index is -0.596. The topological polar surface area (TPSA) is 56.2 Å². The molecule has 3 aliphatic heterocycles. The van der Waals surface area contributed by atoms with Gasteiger partial charge in [-0.15, -0.1) is 0 Å². The first-order valence-electron chi connectivity index (χ1n) is 12.9. The van der Waals surface area contributed by atoms with E-state index < -0.39 is 6.10 Å². The Balaban J connectivity index is 1.22. The Morgan fingerprint density at radius 1 is 1.00 bits per heavy atom. The number of amides is 1. The number of rotatable bonds is 6. The molecule has 0 radical (unpaired) electrons. The van der Waals surface area contributed by atoms with Crippen LogP contribution in [0.3, 0.4) is 0 Å². The van der Waals surface area contributed by atoms with Crippen LogP contribution in [0.15, 0.2) is 48.5 Å². The molecule has 1 atom stereocenters. The van der Waals surface area contributed by atoms with Crippen molar-refractivity contribution < 1.29 is 14.6 Å². The second kappa shape index (κ2) is 10.5. The average molecular weight is 476 g/mol. The van der Waals surface area contributed by atoms with Gasteiger partial charge in [0.2, 0.25) is 0 Å². The number of aliphatic hydroxyl groups is 1. The van der Waals surface area contributed by atoms with Crippen LogP contribution in [0, 0.1) is 0 Å². The van der Waals surface area contributed by atoms with Crippen LogP contribution >= 0.6 is 0 Å². The molecule has 35 heavy (non-hydrogen) atoms. The molecule has 2 aromatic rings. The van der Waals surface area contributed by atoms with Crippen LogP contribution in [-0.4, -0.2) is 83.7 Å². The third-order valence-corrected chi connectivity index (χ3v) is 7.57. The van der Waals surface area contributed by atoms with Crippen molar-refractivity contribution >= 4 is 11.5 Å². The molecule has 3 aliphatic rings. The lowest BCUT2D eigenvalue weighted by molar-refractivity contribution is 0.0501. The number of hydrogen-bond donors (Lipinski definition) is 1. The van der Waals surface area contributed by atoms with E-state index in [-0.39, 0.29) is 5.91 Å². The molecule has 0 spiro atoms. The zero-order chi connectivity index (χ0) is 24.4. The van der Waals surface area contributed by atoms with Crippen LogP contribution in [0.5, 0.6) is 5.75 Å². The van der Waals surface area contributed by atoms with Gasteiger partial charge in [0.1, 0.15) is 12.4 Å². The van der Waals surface area contributed by atoms with E-state index in [4.69, 9.17) is 4.74 Å². The summed E-state index contributed by atoms with van der Waals surface area (Å²) in [7, 11) is 0. The zero-order valence-corrected chi connectivity index (χ0v) is 20.9. The van der Waals surface area contributed by atoms with Gasteiger partial charge in [-0.05, 0) is 61.1 Å². The van der Waals surface area contributed by atoms with Crippen molar-refractivity contribution in [2.75, 3.05) is 45.9 Å². The molecule has 2 aromatic carbocycles. The van der Waals surface area contributed by atoms with Crippen LogP contribution in [0.25, 0.3) is 5.57 Å². The van der Waals surface area contributed by atoms with Gasteiger partial charge in [0.25, 0.3) is 5.91 Å². The van der Waals surface area contributed by atoms with Gasteiger partial charge in [-0.3, -0.25) is 14.6 Å². The molecule has 0 fully saturated rings. The Morgan fingerprint density at radius 3 is 2.60 bits per heavy atom. The lowest BCUT2D eigenvalue weighted by Crippen LogP contribution is -2.44. The fourth-order valence-corrected chi connectivity index (χ4v) is 5.47. The van der Waals surface area contributed by atoms with Crippen molar-refractivity contribution in [3.05, 3.63) is 70.8 Å². The van der Waals surface area contributed by atoms with E-state index in [1.807, 2.05) is 18.2 Å². The molecule has 0 aromatic heterocycles. The number of carbonyl (C=O) groups excluding carboxylic acids is 1. The first-order valence-corrected chi connectivity index (χ1v) is 12.9. The highest BCUT2D eigenvalue weighted by molar-refractivity contribution is 5.97. The summed E-state index contributed by atoms with van der Waals surface area (Å²) in [5, 5.41) is 10.8. The monoisotopic (exact) mass is 475 g/mol. The molecule has 3 heterocycles. The summed E-state index contributed by atoms with van der Waals surface area (Å²) >= 11 is 0. The molecule has 6 heteroatoms. The largest absolute Gasteiger partial charge is 0.491 e. The first kappa shape index (κ1) is 24.0. The standard InChI is InChI=1S/C29H37N3O3/c1-21(2)31-13-10-23(11-14-31)24-7-8-27-28(17-24)35-16-15-32(29(27)34)20-26(33)19-30-12-9-22-5-3-4-6-25(22)18-30/h3-8,10,17,21,26,33H,9,11-16,18-20H2,1-2H3. The van der Waals surface area contributed by atoms with Gasteiger partial charge >= 0.3 is 0 Å². The van der Waals surface area contributed by atoms with Crippen molar-refractivity contribution in [2.45, 2.75) is 45.4 Å². The molecular formula is C29H37N3O3. The minimum Gasteiger partial charge on any atom is -0.491 e. The summed E-state index contributed by atoms with van der Waals surface area (Å²) in [6.45, 7) is 10.0. The normalized spacial score (nSPS) is 20.1. The van der Waals surface area contributed by atoms with E-state index >= 15 is 0 Å². The predicted octanol–water partition coefficient (Wildman–Crippen LogP) is 3.44. The van der Waals surface area contributed by atoms with Gasteiger partial charge in [-0.2, -0.15) is 0 Å². The summed E-state index contributed by atoms with van der Waals surface area (Å²) in [5.74, 6) is 0.597. The number of carbonyl (C=O) groups is 1. The highest BCUT2D eigenvalue weighted by atomic mass is 16.5. The molecule has 1 unspecified atom stereocenters. The van der Waals surface area contributed by atoms with Crippen LogP contribution in [0.2, 0.25) is 0 Å². The SMILES string of the molecule is CC(C)N1CC=C(c2ccc3c(c2)OCCN(CC(O)CN2CCc4ccccc4C2)C3=O)CC1. The number of benzene rings is 2. The first-order chi connectivity index (χ1) is 17.0. The predicted molar refractivity (Wildman–Crippen MR) is 139 cm³/mol. The highest BCUT2D eigenvalue weighted by Gasteiger charge is 2.27. The van der Waals surface area contributed by atoms with Crippen molar-refractivity contribution in [2.24, 2.45) is 0 Å². The number of β-amino-alcohol motifs (C(OH)–C–C–N with tert-alkyl or cyclic N) is 1. The molecule has 0 saturated heterocycles. The summed E-state index contributed by atoms with van der Waals surface area (Å²) in [4.78, 5) is 19.8. The summed E-state index contributed by atoms with van der Waals surface area (Å²) in [5.41, 5.74) is 5.78. The quantitative estimate of drug-likeness (QED) is 0.694. The Hall–Kier alpha value is -2.67. The maximum Gasteiger partial charge on any atom is 0.257 e. The van der Waals surface area contributed by atoms with Crippen LogP contribution in [-0.2, 0) is 13.0 Å². The molecule has 5 rings (SSSR count). The Kier molecular flexibility index (Phi) is 7.23. The second-order valence-electron chi connectivity index (χ2n) is 10.3. The minimum absolute atomic E-state index is 0.0595. The van der Waals surface area contributed by atoms with Crippen LogP contribution in [0.1, 0.15) is 47.3 Å². The number of nitrogens with zero attached hydrogens (tertiary/aromatic N) is 3. The smallest absolute Gasteiger partial charge is 0.257 e. The molecule has 1 amide bonds. The fourth-order valence-electron chi connectivity index (χ4n) is 5.47. The maximum atomic E-state index is 13.3. The summed E-state index contributed by atoms with van der Waals surface area (Å²) < 4.78 is 6.02. The van der Waals surface area contributed by atoms with Crippen molar-refractivity contribution in [3.8, 4) is 5.75 Å². The molecule has 0 aliphatic carbocycles. The van der Waals surface area contributed by atoms with Gasteiger partial charge in [-0.1, -0.05) is 36.4 Å². The van der Waals surface area contributed by atoms with Crippen molar-refractivity contribution in [1.29, 1.82) is 0 Å². The number of aliphatic hydroxyl groups excluding tert-OH is 1. The molecule has 1 N–H and O–H groups in total. The molecule has 0 bridgehead atoms. The van der Waals surface area contributed by atoms with Crippen LogP contribution in [0.4, 0.5) is 0 Å². The summed E-state index contributed by atoms with van der Waals surface area (Å²) in [6, 6.07) is 15.0.